The van der Waals surface area contributed by atoms with Crippen molar-refractivity contribution in [2.24, 2.45) is 0 Å². The van der Waals surface area contributed by atoms with Crippen LogP contribution < -0.4 is 4.90 Å². The van der Waals surface area contributed by atoms with Crippen LogP contribution in [0.4, 0.5) is 5.69 Å². The number of piperidine rings is 1. The molecule has 2 saturated heterocycles. The van der Waals surface area contributed by atoms with Gasteiger partial charge >= 0.3 is 0 Å². The number of hydrogen-bond acceptors (Lipinski definition) is 4. The lowest BCUT2D eigenvalue weighted by Gasteiger charge is -2.43. The van der Waals surface area contributed by atoms with Crippen molar-refractivity contribution in [1.82, 2.24) is 14.9 Å². The Kier molecular flexibility index (Phi) is 4.00. The van der Waals surface area contributed by atoms with E-state index in [0.717, 1.165) is 30.6 Å². The van der Waals surface area contributed by atoms with Crippen LogP contribution >= 0.6 is 0 Å². The van der Waals surface area contributed by atoms with Crippen LogP contribution in [0.3, 0.4) is 0 Å². The number of rotatable bonds is 3. The minimum Gasteiger partial charge on any atom is -0.371 e. The van der Waals surface area contributed by atoms with Gasteiger partial charge in [-0.15, -0.1) is 0 Å². The Morgan fingerprint density at radius 1 is 1.04 bits per heavy atom. The highest BCUT2D eigenvalue weighted by atomic mass is 15.2. The Balaban J connectivity index is 1.48. The molecule has 0 atom stereocenters. The number of anilines is 1. The molecule has 0 unspecified atom stereocenters. The number of aromatic nitrogens is 2. The summed E-state index contributed by atoms with van der Waals surface area (Å²) in [5.74, 6) is 0.822. The maximum Gasteiger partial charge on any atom is 0.125 e. The molecule has 1 aromatic heterocycles. The van der Waals surface area contributed by atoms with E-state index in [1.54, 1.807) is 0 Å². The maximum absolute atomic E-state index is 4.55. The van der Waals surface area contributed by atoms with Crippen LogP contribution in [0.5, 0.6) is 0 Å². The lowest BCUT2D eigenvalue weighted by atomic mass is 9.99. The standard InChI is InChI=1S/C19H24N4/c1-15-20-9-6-19(21-15)16-4-2-5-18(14-16)23-12-7-17(8-13-23)22-10-3-11-22/h2,4-6,9,14,17H,3,7-8,10-13H2,1H3. The van der Waals surface area contributed by atoms with Gasteiger partial charge in [-0.05, 0) is 57.5 Å². The summed E-state index contributed by atoms with van der Waals surface area (Å²) in [6, 6.07) is 11.6. The molecule has 0 amide bonds. The average molecular weight is 308 g/mol. The first-order valence-corrected chi connectivity index (χ1v) is 8.69. The van der Waals surface area contributed by atoms with Gasteiger partial charge in [0.05, 0.1) is 5.69 Å². The number of aryl methyl sites for hydroxylation is 1. The fourth-order valence-electron chi connectivity index (χ4n) is 3.67. The second kappa shape index (κ2) is 6.28. The topological polar surface area (TPSA) is 32.3 Å². The minimum absolute atomic E-state index is 0.813. The van der Waals surface area contributed by atoms with Crippen molar-refractivity contribution >= 4 is 5.69 Å². The smallest absolute Gasteiger partial charge is 0.125 e. The van der Waals surface area contributed by atoms with Gasteiger partial charge in [-0.1, -0.05) is 12.1 Å². The average Bonchev–Trinajstić information content (AvgIpc) is 2.54. The van der Waals surface area contributed by atoms with E-state index in [1.165, 1.54) is 43.6 Å². The van der Waals surface area contributed by atoms with Gasteiger partial charge in [-0.2, -0.15) is 0 Å². The van der Waals surface area contributed by atoms with Crippen molar-refractivity contribution in [2.75, 3.05) is 31.1 Å². The molecule has 3 heterocycles. The van der Waals surface area contributed by atoms with E-state index >= 15 is 0 Å². The van der Waals surface area contributed by atoms with Crippen molar-refractivity contribution in [3.05, 3.63) is 42.4 Å². The first kappa shape index (κ1) is 14.6. The Morgan fingerprint density at radius 3 is 2.57 bits per heavy atom. The summed E-state index contributed by atoms with van der Waals surface area (Å²) in [6.07, 6.45) is 5.80. The molecule has 23 heavy (non-hydrogen) atoms. The van der Waals surface area contributed by atoms with Crippen molar-refractivity contribution in [3.8, 4) is 11.3 Å². The first-order chi connectivity index (χ1) is 11.3. The molecule has 0 saturated carbocycles. The summed E-state index contributed by atoms with van der Waals surface area (Å²) in [6.45, 7) is 6.88. The van der Waals surface area contributed by atoms with Crippen LogP contribution in [0.2, 0.25) is 0 Å². The molecule has 4 nitrogen and oxygen atoms in total. The van der Waals surface area contributed by atoms with E-state index in [1.807, 2.05) is 19.2 Å². The zero-order chi connectivity index (χ0) is 15.6. The second-order valence-electron chi connectivity index (χ2n) is 6.65. The van der Waals surface area contributed by atoms with Gasteiger partial charge in [-0.3, -0.25) is 0 Å². The Bertz CT molecular complexity index is 673. The maximum atomic E-state index is 4.55. The Labute approximate surface area is 138 Å². The van der Waals surface area contributed by atoms with Gasteiger partial charge in [0.2, 0.25) is 0 Å². The van der Waals surface area contributed by atoms with Crippen molar-refractivity contribution in [3.63, 3.8) is 0 Å². The molecule has 0 radical (unpaired) electrons. The zero-order valence-corrected chi connectivity index (χ0v) is 13.8. The second-order valence-corrected chi connectivity index (χ2v) is 6.65. The fraction of sp³-hybridized carbons (Fsp3) is 0.474. The third kappa shape index (κ3) is 3.08. The van der Waals surface area contributed by atoms with Gasteiger partial charge in [0.1, 0.15) is 5.82 Å². The van der Waals surface area contributed by atoms with Crippen molar-refractivity contribution in [1.29, 1.82) is 0 Å². The van der Waals surface area contributed by atoms with E-state index in [-0.39, 0.29) is 0 Å². The van der Waals surface area contributed by atoms with Crippen molar-refractivity contribution < 1.29 is 0 Å². The van der Waals surface area contributed by atoms with Crippen LogP contribution in [0.15, 0.2) is 36.5 Å². The number of benzene rings is 1. The molecule has 0 aliphatic carbocycles. The van der Waals surface area contributed by atoms with Gasteiger partial charge in [0, 0.05) is 36.6 Å². The van der Waals surface area contributed by atoms with E-state index in [2.05, 4.69) is 44.0 Å². The van der Waals surface area contributed by atoms with Crippen LogP contribution in [0, 0.1) is 6.92 Å². The van der Waals surface area contributed by atoms with Gasteiger partial charge in [-0.25, -0.2) is 9.97 Å². The molecule has 0 N–H and O–H groups in total. The molecule has 2 aliphatic rings. The Hall–Kier alpha value is -1.94. The summed E-state index contributed by atoms with van der Waals surface area (Å²) in [5.41, 5.74) is 3.51. The van der Waals surface area contributed by atoms with E-state index in [4.69, 9.17) is 0 Å². The summed E-state index contributed by atoms with van der Waals surface area (Å²) >= 11 is 0. The molecule has 2 aliphatic heterocycles. The van der Waals surface area contributed by atoms with Crippen LogP contribution in [0.1, 0.15) is 25.1 Å². The van der Waals surface area contributed by atoms with E-state index in [9.17, 15) is 0 Å². The van der Waals surface area contributed by atoms with Gasteiger partial charge < -0.3 is 9.80 Å². The molecule has 4 heteroatoms. The fourth-order valence-corrected chi connectivity index (χ4v) is 3.67. The summed E-state index contributed by atoms with van der Waals surface area (Å²) in [4.78, 5) is 13.9. The SMILES string of the molecule is Cc1nccc(-c2cccc(N3CCC(N4CCC4)CC3)c2)n1. The molecular formula is C19H24N4. The Morgan fingerprint density at radius 2 is 1.87 bits per heavy atom. The summed E-state index contributed by atoms with van der Waals surface area (Å²) < 4.78 is 0. The van der Waals surface area contributed by atoms with Crippen molar-refractivity contribution in [2.45, 2.75) is 32.2 Å². The third-order valence-electron chi connectivity index (χ3n) is 5.15. The predicted octanol–water partition coefficient (Wildman–Crippen LogP) is 3.13. The highest BCUT2D eigenvalue weighted by molar-refractivity contribution is 5.65. The van der Waals surface area contributed by atoms with Crippen LogP contribution in [-0.2, 0) is 0 Å². The molecule has 2 aromatic rings. The van der Waals surface area contributed by atoms with E-state index < -0.39 is 0 Å². The predicted molar refractivity (Wildman–Crippen MR) is 93.6 cm³/mol. The molecule has 0 bridgehead atoms. The molecule has 120 valence electrons. The molecule has 1 aromatic carbocycles. The quantitative estimate of drug-likeness (QED) is 0.872. The normalized spacial score (nSPS) is 19.6. The summed E-state index contributed by atoms with van der Waals surface area (Å²) in [5, 5.41) is 0. The summed E-state index contributed by atoms with van der Waals surface area (Å²) in [7, 11) is 0. The lowest BCUT2D eigenvalue weighted by Crippen LogP contribution is -2.50. The molecule has 4 rings (SSSR count). The number of nitrogens with zero attached hydrogens (tertiary/aromatic N) is 4. The molecule has 2 fully saturated rings. The van der Waals surface area contributed by atoms with Crippen LogP contribution in [0.25, 0.3) is 11.3 Å². The largest absolute Gasteiger partial charge is 0.371 e. The van der Waals surface area contributed by atoms with Crippen LogP contribution in [-0.4, -0.2) is 47.1 Å². The highest BCUT2D eigenvalue weighted by Gasteiger charge is 2.27. The molecular weight excluding hydrogens is 284 g/mol. The first-order valence-electron chi connectivity index (χ1n) is 8.69. The van der Waals surface area contributed by atoms with Gasteiger partial charge in [0.25, 0.3) is 0 Å². The zero-order valence-electron chi connectivity index (χ0n) is 13.8. The minimum atomic E-state index is 0.813. The highest BCUT2D eigenvalue weighted by Crippen LogP contribution is 2.28. The number of hydrogen-bond donors (Lipinski definition) is 0. The number of likely N-dealkylation sites (tertiary alicyclic amines) is 1. The third-order valence-corrected chi connectivity index (χ3v) is 5.15. The molecule has 0 spiro atoms. The monoisotopic (exact) mass is 308 g/mol. The van der Waals surface area contributed by atoms with E-state index in [0.29, 0.717) is 0 Å². The van der Waals surface area contributed by atoms with Gasteiger partial charge in [0.15, 0.2) is 0 Å². The lowest BCUT2D eigenvalue weighted by molar-refractivity contribution is 0.100.